The molecule has 0 saturated carbocycles. The van der Waals surface area contributed by atoms with Crippen LogP contribution in [0.25, 0.3) is 0 Å². The van der Waals surface area contributed by atoms with Crippen molar-refractivity contribution in [2.24, 2.45) is 11.5 Å². The van der Waals surface area contributed by atoms with Gasteiger partial charge in [0, 0.05) is 6.42 Å². The minimum absolute atomic E-state index is 0.116. The molecule has 0 aliphatic heterocycles. The summed E-state index contributed by atoms with van der Waals surface area (Å²) in [4.78, 5) is 10.9. The lowest BCUT2D eigenvalue weighted by Crippen LogP contribution is -2.20. The van der Waals surface area contributed by atoms with Crippen molar-refractivity contribution < 1.29 is 9.53 Å². The van der Waals surface area contributed by atoms with Crippen molar-refractivity contribution in [2.45, 2.75) is 6.42 Å². The predicted octanol–water partition coefficient (Wildman–Crippen LogP) is 0.379. The summed E-state index contributed by atoms with van der Waals surface area (Å²) in [6.45, 7) is -0.116. The molecule has 0 aliphatic carbocycles. The standard InChI is InChI=1S/C10H12N2O2S/c11-9(13)6-14-8-3-1-7(2-4-8)5-10(12)15/h1-4H,5-6H2,(H2,11,13)(H2,12,15). The van der Waals surface area contributed by atoms with Crippen molar-refractivity contribution in [3.63, 3.8) is 0 Å². The van der Waals surface area contributed by atoms with Crippen molar-refractivity contribution in [1.29, 1.82) is 0 Å². The molecule has 5 heteroatoms. The Labute approximate surface area is 93.2 Å². The summed E-state index contributed by atoms with van der Waals surface area (Å²) in [7, 11) is 0. The number of carbonyl (C=O) groups excluding carboxylic acids is 1. The van der Waals surface area contributed by atoms with Crippen LogP contribution in [0, 0.1) is 0 Å². The highest BCUT2D eigenvalue weighted by Gasteiger charge is 1.98. The van der Waals surface area contributed by atoms with E-state index in [2.05, 4.69) is 0 Å². The molecule has 0 radical (unpaired) electrons. The fourth-order valence-corrected chi connectivity index (χ4v) is 1.23. The Hall–Kier alpha value is -1.62. The smallest absolute Gasteiger partial charge is 0.255 e. The van der Waals surface area contributed by atoms with Crippen LogP contribution in [0.2, 0.25) is 0 Å². The summed E-state index contributed by atoms with van der Waals surface area (Å²) in [5, 5.41) is 0. The monoisotopic (exact) mass is 224 g/mol. The van der Waals surface area contributed by atoms with Gasteiger partial charge in [0.25, 0.3) is 5.91 Å². The highest BCUT2D eigenvalue weighted by Crippen LogP contribution is 2.12. The van der Waals surface area contributed by atoms with E-state index in [9.17, 15) is 4.79 Å². The lowest BCUT2D eigenvalue weighted by atomic mass is 10.1. The van der Waals surface area contributed by atoms with Crippen LogP contribution in [0.5, 0.6) is 5.75 Å². The zero-order valence-electron chi connectivity index (χ0n) is 8.10. The van der Waals surface area contributed by atoms with Crippen molar-refractivity contribution in [3.05, 3.63) is 29.8 Å². The second kappa shape index (κ2) is 5.31. The normalized spacial score (nSPS) is 9.60. The zero-order chi connectivity index (χ0) is 11.3. The van der Waals surface area contributed by atoms with Gasteiger partial charge in [-0.1, -0.05) is 24.4 Å². The number of hydrogen-bond acceptors (Lipinski definition) is 3. The van der Waals surface area contributed by atoms with Gasteiger partial charge < -0.3 is 16.2 Å². The van der Waals surface area contributed by atoms with E-state index >= 15 is 0 Å². The number of amides is 1. The first-order chi connectivity index (χ1) is 7.08. The fraction of sp³-hybridized carbons (Fsp3) is 0.200. The molecule has 1 aromatic carbocycles. The van der Waals surface area contributed by atoms with Gasteiger partial charge in [-0.3, -0.25) is 4.79 Å². The van der Waals surface area contributed by atoms with E-state index in [4.69, 9.17) is 28.4 Å². The van der Waals surface area contributed by atoms with Crippen LogP contribution < -0.4 is 16.2 Å². The van der Waals surface area contributed by atoms with E-state index in [1.54, 1.807) is 12.1 Å². The Bertz CT molecular complexity index is 362. The first-order valence-corrected chi connectivity index (χ1v) is 4.77. The van der Waals surface area contributed by atoms with Gasteiger partial charge in [0.05, 0.1) is 4.99 Å². The van der Waals surface area contributed by atoms with E-state index in [0.717, 1.165) is 5.56 Å². The maximum absolute atomic E-state index is 10.4. The lowest BCUT2D eigenvalue weighted by molar-refractivity contribution is -0.119. The number of benzene rings is 1. The average molecular weight is 224 g/mol. The first kappa shape index (κ1) is 11.5. The van der Waals surface area contributed by atoms with Gasteiger partial charge >= 0.3 is 0 Å². The van der Waals surface area contributed by atoms with Crippen LogP contribution >= 0.6 is 12.2 Å². The second-order valence-corrected chi connectivity index (χ2v) is 3.57. The molecule has 1 aromatic rings. The van der Waals surface area contributed by atoms with Crippen LogP contribution in [-0.2, 0) is 11.2 Å². The molecule has 1 rings (SSSR count). The van der Waals surface area contributed by atoms with Gasteiger partial charge in [0.1, 0.15) is 5.75 Å². The van der Waals surface area contributed by atoms with Gasteiger partial charge in [-0.05, 0) is 17.7 Å². The van der Waals surface area contributed by atoms with Gasteiger partial charge in [-0.25, -0.2) is 0 Å². The Morgan fingerprint density at radius 3 is 2.33 bits per heavy atom. The van der Waals surface area contributed by atoms with Crippen molar-refractivity contribution >= 4 is 23.1 Å². The number of nitrogens with two attached hydrogens (primary N) is 2. The molecule has 0 unspecified atom stereocenters. The summed E-state index contributed by atoms with van der Waals surface area (Å²) < 4.78 is 5.09. The number of hydrogen-bond donors (Lipinski definition) is 2. The number of ether oxygens (including phenoxy) is 1. The largest absolute Gasteiger partial charge is 0.484 e. The Morgan fingerprint density at radius 2 is 1.87 bits per heavy atom. The Morgan fingerprint density at radius 1 is 1.27 bits per heavy atom. The Balaban J connectivity index is 2.56. The van der Waals surface area contributed by atoms with Crippen LogP contribution in [0.15, 0.2) is 24.3 Å². The third kappa shape index (κ3) is 4.42. The van der Waals surface area contributed by atoms with Crippen molar-refractivity contribution in [3.8, 4) is 5.75 Å². The molecule has 0 fully saturated rings. The minimum atomic E-state index is -0.498. The van der Waals surface area contributed by atoms with Crippen LogP contribution in [0.3, 0.4) is 0 Å². The van der Waals surface area contributed by atoms with E-state index < -0.39 is 5.91 Å². The van der Waals surface area contributed by atoms with Gasteiger partial charge in [0.2, 0.25) is 0 Å². The summed E-state index contributed by atoms with van der Waals surface area (Å²) in [5.41, 5.74) is 11.3. The summed E-state index contributed by atoms with van der Waals surface area (Å²) in [6.07, 6.45) is 0.561. The molecular weight excluding hydrogens is 212 g/mol. The fourth-order valence-electron chi connectivity index (χ4n) is 1.06. The van der Waals surface area contributed by atoms with Crippen LogP contribution in [0.1, 0.15) is 5.56 Å². The molecule has 4 nitrogen and oxygen atoms in total. The van der Waals surface area contributed by atoms with Gasteiger partial charge in [-0.2, -0.15) is 0 Å². The third-order valence-electron chi connectivity index (χ3n) is 1.68. The number of thiocarbonyl (C=S) groups is 1. The van der Waals surface area contributed by atoms with Gasteiger partial charge in [-0.15, -0.1) is 0 Å². The number of carbonyl (C=O) groups is 1. The minimum Gasteiger partial charge on any atom is -0.484 e. The average Bonchev–Trinajstić information content (AvgIpc) is 2.16. The molecule has 0 aromatic heterocycles. The molecule has 0 saturated heterocycles. The molecule has 15 heavy (non-hydrogen) atoms. The van der Waals surface area contributed by atoms with Crippen molar-refractivity contribution in [2.75, 3.05) is 6.61 Å². The topological polar surface area (TPSA) is 78.3 Å². The molecule has 0 bridgehead atoms. The second-order valence-electron chi connectivity index (χ2n) is 3.04. The molecular formula is C10H12N2O2S. The van der Waals surface area contributed by atoms with E-state index in [-0.39, 0.29) is 6.61 Å². The molecule has 0 atom stereocenters. The molecule has 1 amide bonds. The molecule has 0 spiro atoms. The third-order valence-corrected chi connectivity index (χ3v) is 1.83. The SMILES string of the molecule is NC(=O)COc1ccc(CC(N)=S)cc1. The van der Waals surface area contributed by atoms with Crippen molar-refractivity contribution in [1.82, 2.24) is 0 Å². The molecule has 0 heterocycles. The van der Waals surface area contributed by atoms with E-state index in [0.29, 0.717) is 17.2 Å². The molecule has 0 aliphatic rings. The predicted molar refractivity (Wildman–Crippen MR) is 61.6 cm³/mol. The van der Waals surface area contributed by atoms with Gasteiger partial charge in [0.15, 0.2) is 6.61 Å². The first-order valence-electron chi connectivity index (χ1n) is 4.36. The quantitative estimate of drug-likeness (QED) is 0.709. The molecule has 80 valence electrons. The highest BCUT2D eigenvalue weighted by atomic mass is 32.1. The Kier molecular flexibility index (Phi) is 4.05. The summed E-state index contributed by atoms with van der Waals surface area (Å²) >= 11 is 4.78. The zero-order valence-corrected chi connectivity index (χ0v) is 8.92. The number of primary amides is 1. The molecule has 4 N–H and O–H groups in total. The maximum Gasteiger partial charge on any atom is 0.255 e. The van der Waals surface area contributed by atoms with E-state index in [1.807, 2.05) is 12.1 Å². The number of rotatable bonds is 5. The summed E-state index contributed by atoms with van der Waals surface area (Å²) in [6, 6.07) is 7.18. The highest BCUT2D eigenvalue weighted by molar-refractivity contribution is 7.80. The lowest BCUT2D eigenvalue weighted by Gasteiger charge is -2.04. The van der Waals surface area contributed by atoms with E-state index in [1.165, 1.54) is 0 Å². The maximum atomic E-state index is 10.4. The van der Waals surface area contributed by atoms with Crippen LogP contribution in [0.4, 0.5) is 0 Å². The van der Waals surface area contributed by atoms with Crippen LogP contribution in [-0.4, -0.2) is 17.5 Å². The summed E-state index contributed by atoms with van der Waals surface area (Å²) in [5.74, 6) is 0.0997.